The van der Waals surface area contributed by atoms with Gasteiger partial charge in [-0.1, -0.05) is 13.8 Å². The Labute approximate surface area is 104 Å². The molecule has 1 aromatic rings. The van der Waals surface area contributed by atoms with Crippen molar-refractivity contribution in [3.05, 3.63) is 11.9 Å². The summed E-state index contributed by atoms with van der Waals surface area (Å²) in [7, 11) is 2.08. The minimum Gasteiger partial charge on any atom is -0.370 e. The first-order valence-electron chi connectivity index (χ1n) is 6.30. The van der Waals surface area contributed by atoms with Gasteiger partial charge in [0.25, 0.3) is 0 Å². The number of rotatable bonds is 5. The zero-order valence-electron chi connectivity index (χ0n) is 11.8. The molecule has 4 nitrogen and oxygen atoms in total. The molecule has 1 N–H and O–H groups in total. The van der Waals surface area contributed by atoms with E-state index >= 15 is 0 Å². The van der Waals surface area contributed by atoms with Crippen molar-refractivity contribution >= 4 is 11.6 Å². The van der Waals surface area contributed by atoms with Crippen LogP contribution in [0.5, 0.6) is 0 Å². The van der Waals surface area contributed by atoms with Gasteiger partial charge < -0.3 is 10.2 Å². The van der Waals surface area contributed by atoms with Gasteiger partial charge in [-0.15, -0.1) is 0 Å². The molecule has 0 saturated carbocycles. The highest BCUT2D eigenvalue weighted by Gasteiger charge is 2.18. The van der Waals surface area contributed by atoms with Gasteiger partial charge in [-0.05, 0) is 26.7 Å². The molecule has 0 saturated heterocycles. The van der Waals surface area contributed by atoms with Gasteiger partial charge >= 0.3 is 0 Å². The van der Waals surface area contributed by atoms with E-state index in [1.54, 1.807) is 6.33 Å². The van der Waals surface area contributed by atoms with E-state index in [2.05, 4.69) is 61.9 Å². The molecule has 0 bridgehead atoms. The van der Waals surface area contributed by atoms with E-state index in [0.29, 0.717) is 12.0 Å². The van der Waals surface area contributed by atoms with Crippen molar-refractivity contribution in [1.29, 1.82) is 0 Å². The molecule has 0 aromatic carbocycles. The van der Waals surface area contributed by atoms with E-state index in [-0.39, 0.29) is 0 Å². The Bertz CT molecular complexity index is 360. The molecule has 0 aliphatic heterocycles. The van der Waals surface area contributed by atoms with Gasteiger partial charge in [0.05, 0.1) is 0 Å². The summed E-state index contributed by atoms with van der Waals surface area (Å²) in [6.45, 7) is 11.6. The molecule has 0 amide bonds. The molecule has 0 aliphatic carbocycles. The van der Waals surface area contributed by atoms with Gasteiger partial charge in [0.1, 0.15) is 18.0 Å². The SMILES string of the molecule is CCNc1ncnc(N(C)C(C)C)c1C(C)C. The Kier molecular flexibility index (Phi) is 4.73. The van der Waals surface area contributed by atoms with Crippen LogP contribution in [0.2, 0.25) is 0 Å². The fourth-order valence-electron chi connectivity index (χ4n) is 1.75. The topological polar surface area (TPSA) is 41.1 Å². The molecular weight excluding hydrogens is 212 g/mol. The summed E-state index contributed by atoms with van der Waals surface area (Å²) in [4.78, 5) is 11.0. The standard InChI is InChI=1S/C13H24N4/c1-7-14-12-11(9(2)3)13(16-8-15-12)17(6)10(4)5/h8-10H,7H2,1-6H3,(H,14,15,16). The largest absolute Gasteiger partial charge is 0.370 e. The Hall–Kier alpha value is -1.32. The van der Waals surface area contributed by atoms with Crippen molar-refractivity contribution in [3.8, 4) is 0 Å². The second-order valence-electron chi connectivity index (χ2n) is 4.85. The zero-order chi connectivity index (χ0) is 13.0. The normalized spacial score (nSPS) is 11.1. The lowest BCUT2D eigenvalue weighted by atomic mass is 10.0. The predicted molar refractivity (Wildman–Crippen MR) is 73.8 cm³/mol. The maximum atomic E-state index is 4.44. The van der Waals surface area contributed by atoms with Crippen LogP contribution in [0.3, 0.4) is 0 Å². The first-order valence-corrected chi connectivity index (χ1v) is 6.30. The van der Waals surface area contributed by atoms with E-state index in [0.717, 1.165) is 18.2 Å². The number of nitrogens with zero attached hydrogens (tertiary/aromatic N) is 3. The van der Waals surface area contributed by atoms with Crippen LogP contribution in [-0.2, 0) is 0 Å². The van der Waals surface area contributed by atoms with E-state index in [1.165, 1.54) is 5.56 Å². The lowest BCUT2D eigenvalue weighted by molar-refractivity contribution is 0.724. The molecule has 1 rings (SSSR count). The maximum absolute atomic E-state index is 4.44. The second kappa shape index (κ2) is 5.84. The fourth-order valence-corrected chi connectivity index (χ4v) is 1.75. The molecule has 0 aliphatic rings. The predicted octanol–water partition coefficient (Wildman–Crippen LogP) is 2.88. The van der Waals surface area contributed by atoms with Gasteiger partial charge in [0.2, 0.25) is 0 Å². The molecule has 0 fully saturated rings. The van der Waals surface area contributed by atoms with Crippen LogP contribution in [-0.4, -0.2) is 29.6 Å². The summed E-state index contributed by atoms with van der Waals surface area (Å²) >= 11 is 0. The highest BCUT2D eigenvalue weighted by molar-refractivity contribution is 5.60. The maximum Gasteiger partial charge on any atom is 0.137 e. The average molecular weight is 236 g/mol. The number of hydrogen-bond donors (Lipinski definition) is 1. The zero-order valence-corrected chi connectivity index (χ0v) is 11.8. The van der Waals surface area contributed by atoms with Gasteiger partial charge in [-0.25, -0.2) is 9.97 Å². The van der Waals surface area contributed by atoms with E-state index < -0.39 is 0 Å². The van der Waals surface area contributed by atoms with Gasteiger partial charge in [-0.2, -0.15) is 0 Å². The average Bonchev–Trinajstić information content (AvgIpc) is 2.27. The number of nitrogens with one attached hydrogen (secondary N) is 1. The highest BCUT2D eigenvalue weighted by Crippen LogP contribution is 2.30. The molecule has 0 radical (unpaired) electrons. The van der Waals surface area contributed by atoms with Crippen molar-refractivity contribution in [1.82, 2.24) is 9.97 Å². The molecule has 4 heteroatoms. The number of anilines is 2. The molecule has 96 valence electrons. The van der Waals surface area contributed by atoms with Crippen molar-refractivity contribution < 1.29 is 0 Å². The smallest absolute Gasteiger partial charge is 0.137 e. The van der Waals surface area contributed by atoms with Crippen LogP contribution >= 0.6 is 0 Å². The third-order valence-electron chi connectivity index (χ3n) is 2.89. The minimum atomic E-state index is 0.404. The summed E-state index contributed by atoms with van der Waals surface area (Å²) in [5.41, 5.74) is 1.20. The first-order chi connectivity index (χ1) is 7.99. The van der Waals surface area contributed by atoms with E-state index in [1.807, 2.05) is 0 Å². The van der Waals surface area contributed by atoms with E-state index in [4.69, 9.17) is 0 Å². The number of aromatic nitrogens is 2. The van der Waals surface area contributed by atoms with E-state index in [9.17, 15) is 0 Å². The van der Waals surface area contributed by atoms with Crippen LogP contribution in [0.1, 0.15) is 46.1 Å². The summed E-state index contributed by atoms with van der Waals surface area (Å²) in [6, 6.07) is 0.428. The fraction of sp³-hybridized carbons (Fsp3) is 0.692. The third kappa shape index (κ3) is 3.08. The third-order valence-corrected chi connectivity index (χ3v) is 2.89. The lowest BCUT2D eigenvalue weighted by Crippen LogP contribution is -2.28. The van der Waals surface area contributed by atoms with Gasteiger partial charge in [0, 0.05) is 25.2 Å². The van der Waals surface area contributed by atoms with Crippen molar-refractivity contribution in [2.24, 2.45) is 0 Å². The summed E-state index contributed by atoms with van der Waals surface area (Å²) in [5, 5.41) is 3.31. The summed E-state index contributed by atoms with van der Waals surface area (Å²) < 4.78 is 0. The Morgan fingerprint density at radius 2 is 1.88 bits per heavy atom. The van der Waals surface area contributed by atoms with Crippen molar-refractivity contribution in [3.63, 3.8) is 0 Å². The molecule has 0 atom stereocenters. The van der Waals surface area contributed by atoms with Crippen LogP contribution in [0.25, 0.3) is 0 Å². The lowest BCUT2D eigenvalue weighted by Gasteiger charge is -2.27. The molecule has 1 heterocycles. The molecular formula is C13H24N4. The Morgan fingerprint density at radius 3 is 2.35 bits per heavy atom. The van der Waals surface area contributed by atoms with Crippen LogP contribution < -0.4 is 10.2 Å². The molecule has 0 unspecified atom stereocenters. The summed E-state index contributed by atoms with van der Waals surface area (Å²) in [5.74, 6) is 2.39. The van der Waals surface area contributed by atoms with Crippen molar-refractivity contribution in [2.45, 2.75) is 46.6 Å². The van der Waals surface area contributed by atoms with Crippen molar-refractivity contribution in [2.75, 3.05) is 23.8 Å². The van der Waals surface area contributed by atoms with Crippen LogP contribution in [0.4, 0.5) is 11.6 Å². The molecule has 17 heavy (non-hydrogen) atoms. The number of hydrogen-bond acceptors (Lipinski definition) is 4. The van der Waals surface area contributed by atoms with Gasteiger partial charge in [0.15, 0.2) is 0 Å². The monoisotopic (exact) mass is 236 g/mol. The highest BCUT2D eigenvalue weighted by atomic mass is 15.2. The Morgan fingerprint density at radius 1 is 1.24 bits per heavy atom. The Balaban J connectivity index is 3.24. The second-order valence-corrected chi connectivity index (χ2v) is 4.85. The van der Waals surface area contributed by atoms with Crippen LogP contribution in [0.15, 0.2) is 6.33 Å². The molecule has 1 aromatic heterocycles. The first kappa shape index (κ1) is 13.7. The van der Waals surface area contributed by atoms with Gasteiger partial charge in [-0.3, -0.25) is 0 Å². The molecule has 0 spiro atoms. The quantitative estimate of drug-likeness (QED) is 0.853. The minimum absolute atomic E-state index is 0.404. The summed E-state index contributed by atoms with van der Waals surface area (Å²) in [6.07, 6.45) is 1.64. The van der Waals surface area contributed by atoms with Crippen LogP contribution in [0, 0.1) is 0 Å².